The van der Waals surface area contributed by atoms with Crippen molar-refractivity contribution in [2.75, 3.05) is 18.0 Å². The van der Waals surface area contributed by atoms with Crippen molar-refractivity contribution < 1.29 is 22.7 Å². The average molecular weight is 552 g/mol. The number of hydrogen-bond acceptors (Lipinski definition) is 5. The SMILES string of the molecule is CC[C@H](C)NC(=O)[C@H](CC)N(Cc1ccccc1)C(=O)CN(c1ccc(OC)cc1)S(=O)(=O)c1ccccc1. The van der Waals surface area contributed by atoms with Gasteiger partial charge in [0.1, 0.15) is 18.3 Å². The summed E-state index contributed by atoms with van der Waals surface area (Å²) in [5.74, 6) is -0.195. The minimum Gasteiger partial charge on any atom is -0.497 e. The van der Waals surface area contributed by atoms with Crippen molar-refractivity contribution in [3.05, 3.63) is 90.5 Å². The van der Waals surface area contributed by atoms with E-state index in [4.69, 9.17) is 4.74 Å². The van der Waals surface area contributed by atoms with E-state index in [0.717, 1.165) is 16.3 Å². The van der Waals surface area contributed by atoms with Crippen molar-refractivity contribution in [2.45, 2.75) is 57.1 Å². The molecule has 0 unspecified atom stereocenters. The molecule has 208 valence electrons. The number of methoxy groups -OCH3 is 1. The fraction of sp³-hybridized carbons (Fsp3) is 0.333. The molecular weight excluding hydrogens is 514 g/mol. The zero-order valence-electron chi connectivity index (χ0n) is 22.9. The van der Waals surface area contributed by atoms with Crippen molar-refractivity contribution in [1.82, 2.24) is 10.2 Å². The van der Waals surface area contributed by atoms with Crippen LogP contribution in [0.2, 0.25) is 0 Å². The van der Waals surface area contributed by atoms with E-state index >= 15 is 0 Å². The minimum absolute atomic E-state index is 0.0600. The first kappa shape index (κ1) is 29.7. The number of ether oxygens (including phenoxy) is 1. The number of amides is 2. The van der Waals surface area contributed by atoms with Crippen LogP contribution in [0.15, 0.2) is 89.8 Å². The lowest BCUT2D eigenvalue weighted by Crippen LogP contribution is -2.53. The van der Waals surface area contributed by atoms with Crippen LogP contribution in [0.25, 0.3) is 0 Å². The topological polar surface area (TPSA) is 96.0 Å². The van der Waals surface area contributed by atoms with Gasteiger partial charge < -0.3 is 15.0 Å². The van der Waals surface area contributed by atoms with Gasteiger partial charge in [-0.15, -0.1) is 0 Å². The Morgan fingerprint density at radius 3 is 2.00 bits per heavy atom. The lowest BCUT2D eigenvalue weighted by atomic mass is 10.1. The summed E-state index contributed by atoms with van der Waals surface area (Å²) in [6.45, 7) is 5.40. The summed E-state index contributed by atoms with van der Waals surface area (Å²) in [6, 6.07) is 23.0. The highest BCUT2D eigenvalue weighted by atomic mass is 32.2. The molecule has 0 aliphatic carbocycles. The average Bonchev–Trinajstić information content (AvgIpc) is 2.96. The standard InChI is InChI=1S/C30H37N3O5S/c1-5-23(3)31-30(35)28(6-2)32(21-24-13-9-7-10-14-24)29(34)22-33(25-17-19-26(38-4)20-18-25)39(36,37)27-15-11-8-12-16-27/h7-20,23,28H,5-6,21-22H2,1-4H3,(H,31,35)/t23-,28-/m0/s1. The molecule has 9 heteroatoms. The van der Waals surface area contributed by atoms with Crippen LogP contribution >= 0.6 is 0 Å². The molecule has 0 aliphatic rings. The molecule has 3 aromatic carbocycles. The molecule has 0 heterocycles. The van der Waals surface area contributed by atoms with Gasteiger partial charge in [0.25, 0.3) is 10.0 Å². The predicted octanol–water partition coefficient (Wildman–Crippen LogP) is 4.61. The highest BCUT2D eigenvalue weighted by Crippen LogP contribution is 2.26. The van der Waals surface area contributed by atoms with Crippen LogP contribution in [0.3, 0.4) is 0 Å². The zero-order chi connectivity index (χ0) is 28.4. The molecule has 8 nitrogen and oxygen atoms in total. The Kier molecular flexibility index (Phi) is 10.5. The number of sulfonamides is 1. The quantitative estimate of drug-likeness (QED) is 0.335. The monoisotopic (exact) mass is 551 g/mol. The molecular formula is C30H37N3O5S. The number of benzene rings is 3. The molecule has 0 bridgehead atoms. The Bertz CT molecular complexity index is 1320. The first-order chi connectivity index (χ1) is 18.7. The summed E-state index contributed by atoms with van der Waals surface area (Å²) in [4.78, 5) is 28.8. The van der Waals surface area contributed by atoms with Crippen molar-refractivity contribution in [1.29, 1.82) is 0 Å². The van der Waals surface area contributed by atoms with Gasteiger partial charge in [-0.3, -0.25) is 13.9 Å². The number of hydrogen-bond donors (Lipinski definition) is 1. The van der Waals surface area contributed by atoms with Gasteiger partial charge in [0, 0.05) is 12.6 Å². The lowest BCUT2D eigenvalue weighted by Gasteiger charge is -2.33. The summed E-state index contributed by atoms with van der Waals surface area (Å²) in [7, 11) is -2.58. The molecule has 0 spiro atoms. The normalized spacial score (nSPS) is 12.7. The van der Waals surface area contributed by atoms with Crippen molar-refractivity contribution in [3.63, 3.8) is 0 Å². The molecule has 0 saturated heterocycles. The van der Waals surface area contributed by atoms with E-state index < -0.39 is 28.5 Å². The van der Waals surface area contributed by atoms with Crippen molar-refractivity contribution >= 4 is 27.5 Å². The lowest BCUT2D eigenvalue weighted by molar-refractivity contribution is -0.140. The Labute approximate surface area is 231 Å². The number of nitrogens with one attached hydrogen (secondary N) is 1. The van der Waals surface area contributed by atoms with Crippen LogP contribution in [0.5, 0.6) is 5.75 Å². The van der Waals surface area contributed by atoms with Gasteiger partial charge in [-0.1, -0.05) is 62.4 Å². The Hall–Kier alpha value is -3.85. The van der Waals surface area contributed by atoms with E-state index in [1.54, 1.807) is 42.5 Å². The fourth-order valence-electron chi connectivity index (χ4n) is 4.14. The second-order valence-corrected chi connectivity index (χ2v) is 11.1. The van der Waals surface area contributed by atoms with Gasteiger partial charge in [-0.05, 0) is 61.7 Å². The van der Waals surface area contributed by atoms with Crippen molar-refractivity contribution in [2.24, 2.45) is 0 Å². The van der Waals surface area contributed by atoms with E-state index in [9.17, 15) is 18.0 Å². The smallest absolute Gasteiger partial charge is 0.264 e. The number of carbonyl (C=O) groups excluding carboxylic acids is 2. The zero-order valence-corrected chi connectivity index (χ0v) is 23.7. The molecule has 3 aromatic rings. The van der Waals surface area contributed by atoms with Crippen LogP contribution < -0.4 is 14.4 Å². The van der Waals surface area contributed by atoms with Gasteiger partial charge in [0.2, 0.25) is 11.8 Å². The summed E-state index contributed by atoms with van der Waals surface area (Å²) >= 11 is 0. The van der Waals surface area contributed by atoms with Crippen LogP contribution in [0.1, 0.15) is 39.2 Å². The van der Waals surface area contributed by atoms with E-state index in [0.29, 0.717) is 17.9 Å². The largest absolute Gasteiger partial charge is 0.497 e. The highest BCUT2D eigenvalue weighted by Gasteiger charge is 2.33. The third-order valence-corrected chi connectivity index (χ3v) is 8.34. The Morgan fingerprint density at radius 2 is 1.46 bits per heavy atom. The summed E-state index contributed by atoms with van der Waals surface area (Å²) in [6.07, 6.45) is 1.12. The highest BCUT2D eigenvalue weighted by molar-refractivity contribution is 7.92. The first-order valence-electron chi connectivity index (χ1n) is 13.1. The summed E-state index contributed by atoms with van der Waals surface area (Å²) in [5, 5.41) is 2.98. The van der Waals surface area contributed by atoms with E-state index in [2.05, 4.69) is 5.32 Å². The third-order valence-electron chi connectivity index (χ3n) is 6.55. The van der Waals surface area contributed by atoms with Crippen molar-refractivity contribution in [3.8, 4) is 5.75 Å². The summed E-state index contributed by atoms with van der Waals surface area (Å²) in [5.41, 5.74) is 1.15. The van der Waals surface area contributed by atoms with Crippen LogP contribution in [0.4, 0.5) is 5.69 Å². The molecule has 39 heavy (non-hydrogen) atoms. The second-order valence-electron chi connectivity index (χ2n) is 9.27. The molecule has 0 aromatic heterocycles. The fourth-order valence-corrected chi connectivity index (χ4v) is 5.57. The first-order valence-corrected chi connectivity index (χ1v) is 14.5. The number of anilines is 1. The van der Waals surface area contributed by atoms with E-state index in [-0.39, 0.29) is 23.4 Å². The van der Waals surface area contributed by atoms with E-state index in [1.807, 2.05) is 51.1 Å². The van der Waals surface area contributed by atoms with Crippen LogP contribution in [0, 0.1) is 0 Å². The van der Waals surface area contributed by atoms with Gasteiger partial charge in [0.05, 0.1) is 17.7 Å². The molecule has 1 N–H and O–H groups in total. The maximum absolute atomic E-state index is 14.0. The third kappa shape index (κ3) is 7.60. The molecule has 0 saturated carbocycles. The van der Waals surface area contributed by atoms with Gasteiger partial charge in [-0.25, -0.2) is 8.42 Å². The van der Waals surface area contributed by atoms with Crippen LogP contribution in [-0.2, 0) is 26.2 Å². The molecule has 0 radical (unpaired) electrons. The summed E-state index contributed by atoms with van der Waals surface area (Å²) < 4.78 is 33.9. The van der Waals surface area contributed by atoms with Crippen LogP contribution in [-0.4, -0.2) is 50.9 Å². The van der Waals surface area contributed by atoms with E-state index in [1.165, 1.54) is 24.1 Å². The maximum Gasteiger partial charge on any atom is 0.264 e. The molecule has 0 fully saturated rings. The molecule has 2 amide bonds. The molecule has 3 rings (SSSR count). The van der Waals surface area contributed by atoms with Gasteiger partial charge in [-0.2, -0.15) is 0 Å². The number of nitrogens with zero attached hydrogens (tertiary/aromatic N) is 2. The second kappa shape index (κ2) is 13.8. The molecule has 0 aliphatic heterocycles. The Balaban J connectivity index is 2.03. The predicted molar refractivity (Wildman–Crippen MR) is 153 cm³/mol. The van der Waals surface area contributed by atoms with Gasteiger partial charge >= 0.3 is 0 Å². The Morgan fingerprint density at radius 1 is 0.872 bits per heavy atom. The minimum atomic E-state index is -4.11. The molecule has 2 atom stereocenters. The van der Waals surface area contributed by atoms with Gasteiger partial charge in [0.15, 0.2) is 0 Å². The number of rotatable bonds is 13. The number of carbonyl (C=O) groups is 2. The maximum atomic E-state index is 14.0.